The van der Waals surface area contributed by atoms with Crippen LogP contribution in [0.5, 0.6) is 0 Å². The molecule has 0 aliphatic rings. The Balaban J connectivity index is 0.00000196. The number of halogens is 1. The third-order valence-corrected chi connectivity index (χ3v) is 3.00. The zero-order chi connectivity index (χ0) is 10.6. The lowest BCUT2D eigenvalue weighted by Gasteiger charge is -2.13. The molecule has 2 nitrogen and oxygen atoms in total. The summed E-state index contributed by atoms with van der Waals surface area (Å²) in [7, 11) is 6.21. The van der Waals surface area contributed by atoms with Gasteiger partial charge in [0.05, 0.1) is 21.1 Å². The Kier molecular flexibility index (Phi) is 7.00. The molecule has 0 spiro atoms. The Morgan fingerprint density at radius 1 is 1.20 bits per heavy atom. The minimum atomic E-state index is 0. The van der Waals surface area contributed by atoms with Crippen LogP contribution in [0.15, 0.2) is 30.3 Å². The molecule has 0 fully saturated rings. The highest BCUT2D eigenvalue weighted by Crippen LogP contribution is 2.15. The summed E-state index contributed by atoms with van der Waals surface area (Å²) < 4.78 is 2.12. The Morgan fingerprint density at radius 2 is 1.73 bits per heavy atom. The van der Waals surface area contributed by atoms with Crippen molar-refractivity contribution in [2.24, 2.45) is 0 Å². The SMILES string of the molecule is CSC(N(C)c1ccccc1)=[N+](C)C.[I-]. The number of nitrogens with zero attached hydrogens (tertiary/aromatic N) is 2. The molecule has 4 heteroatoms. The molecule has 0 heterocycles. The molecule has 0 saturated heterocycles. The van der Waals surface area contributed by atoms with Crippen molar-refractivity contribution in [3.05, 3.63) is 30.3 Å². The predicted octanol–water partition coefficient (Wildman–Crippen LogP) is -0.882. The van der Waals surface area contributed by atoms with E-state index < -0.39 is 0 Å². The number of benzene rings is 1. The quantitative estimate of drug-likeness (QED) is 0.284. The first-order valence-electron chi connectivity index (χ1n) is 4.54. The summed E-state index contributed by atoms with van der Waals surface area (Å²) in [5.41, 5.74) is 1.21. The zero-order valence-corrected chi connectivity index (χ0v) is 12.5. The summed E-state index contributed by atoms with van der Waals surface area (Å²) in [6, 6.07) is 10.4. The van der Waals surface area contributed by atoms with Gasteiger partial charge in [-0.05, 0) is 30.2 Å². The van der Waals surface area contributed by atoms with Gasteiger partial charge in [0.25, 0.3) is 0 Å². The molecule has 1 aromatic rings. The molecule has 1 rings (SSSR count). The van der Waals surface area contributed by atoms with E-state index in [2.05, 4.69) is 61.1 Å². The van der Waals surface area contributed by atoms with Gasteiger partial charge in [-0.2, -0.15) is 0 Å². The fourth-order valence-corrected chi connectivity index (χ4v) is 2.13. The maximum absolute atomic E-state index is 2.19. The summed E-state index contributed by atoms with van der Waals surface area (Å²) >= 11 is 1.75. The van der Waals surface area contributed by atoms with Gasteiger partial charge in [0.1, 0.15) is 5.69 Å². The summed E-state index contributed by atoms with van der Waals surface area (Å²) in [4.78, 5) is 2.19. The van der Waals surface area contributed by atoms with E-state index in [9.17, 15) is 0 Å². The van der Waals surface area contributed by atoms with E-state index >= 15 is 0 Å². The minimum Gasteiger partial charge on any atom is -1.00 e. The maximum Gasteiger partial charge on any atom is 0.312 e. The average Bonchev–Trinajstić information content (AvgIpc) is 2.19. The first-order valence-corrected chi connectivity index (χ1v) is 5.76. The van der Waals surface area contributed by atoms with E-state index in [4.69, 9.17) is 0 Å². The van der Waals surface area contributed by atoms with Crippen LogP contribution in [0.4, 0.5) is 5.69 Å². The molecule has 0 amide bonds. The van der Waals surface area contributed by atoms with Crippen LogP contribution in [-0.4, -0.2) is 37.1 Å². The Bertz CT molecular complexity index is 321. The minimum absolute atomic E-state index is 0. The number of para-hydroxylation sites is 1. The lowest BCUT2D eigenvalue weighted by atomic mass is 10.3. The molecule has 0 bridgehead atoms. The van der Waals surface area contributed by atoms with Crippen LogP contribution in [0.2, 0.25) is 0 Å². The van der Waals surface area contributed by atoms with Crippen molar-refractivity contribution in [2.45, 2.75) is 0 Å². The summed E-state index contributed by atoms with van der Waals surface area (Å²) in [5.74, 6) is 0. The Hall–Kier alpha value is -0.230. The fraction of sp³-hybridized carbons (Fsp3) is 0.364. The lowest BCUT2D eigenvalue weighted by Crippen LogP contribution is -3.00. The highest BCUT2D eigenvalue weighted by Gasteiger charge is 2.16. The zero-order valence-electron chi connectivity index (χ0n) is 9.57. The maximum atomic E-state index is 2.19. The van der Waals surface area contributed by atoms with E-state index in [0.717, 1.165) is 0 Å². The predicted molar refractivity (Wildman–Crippen MR) is 65.5 cm³/mol. The first kappa shape index (κ1) is 14.8. The molecule has 0 N–H and O–H groups in total. The summed E-state index contributed by atoms with van der Waals surface area (Å²) in [6.07, 6.45) is 2.09. The number of hydrogen-bond acceptors (Lipinski definition) is 1. The van der Waals surface area contributed by atoms with Crippen LogP contribution in [0, 0.1) is 0 Å². The molecular formula is C11H17IN2S. The number of hydrogen-bond donors (Lipinski definition) is 0. The molecule has 0 saturated carbocycles. The van der Waals surface area contributed by atoms with Gasteiger partial charge in [0.15, 0.2) is 0 Å². The molecular weight excluding hydrogens is 319 g/mol. The van der Waals surface area contributed by atoms with Crippen molar-refractivity contribution < 1.29 is 28.6 Å². The molecule has 0 atom stereocenters. The van der Waals surface area contributed by atoms with Gasteiger partial charge < -0.3 is 24.0 Å². The van der Waals surface area contributed by atoms with E-state index in [1.165, 1.54) is 10.9 Å². The van der Waals surface area contributed by atoms with Gasteiger partial charge in [-0.15, -0.1) is 0 Å². The van der Waals surface area contributed by atoms with Crippen molar-refractivity contribution in [1.82, 2.24) is 0 Å². The standard InChI is InChI=1S/C11H17N2S.HI/c1-12(2)11(14-4)13(3)10-8-6-5-7-9-10;/h5-9H,1-4H3;1H/q+1;/p-1. The van der Waals surface area contributed by atoms with Crippen LogP contribution in [0.1, 0.15) is 0 Å². The second-order valence-corrected chi connectivity index (χ2v) is 4.05. The van der Waals surface area contributed by atoms with Crippen molar-refractivity contribution in [3.8, 4) is 0 Å². The first-order chi connectivity index (χ1) is 6.66. The molecule has 1 aromatic carbocycles. The molecule has 0 unspecified atom stereocenters. The van der Waals surface area contributed by atoms with Crippen LogP contribution >= 0.6 is 11.8 Å². The molecule has 15 heavy (non-hydrogen) atoms. The van der Waals surface area contributed by atoms with E-state index in [0.29, 0.717) is 0 Å². The Labute approximate surface area is 113 Å². The van der Waals surface area contributed by atoms with Crippen molar-refractivity contribution in [3.63, 3.8) is 0 Å². The van der Waals surface area contributed by atoms with Crippen LogP contribution in [-0.2, 0) is 0 Å². The Morgan fingerprint density at radius 3 is 2.13 bits per heavy atom. The van der Waals surface area contributed by atoms with Gasteiger partial charge in [-0.3, -0.25) is 4.58 Å². The average molecular weight is 336 g/mol. The topological polar surface area (TPSA) is 6.25 Å². The molecule has 0 radical (unpaired) electrons. The van der Waals surface area contributed by atoms with Gasteiger partial charge in [0, 0.05) is 0 Å². The normalized spacial score (nSPS) is 9.07. The number of amidine groups is 1. The van der Waals surface area contributed by atoms with Crippen molar-refractivity contribution in [1.29, 1.82) is 0 Å². The van der Waals surface area contributed by atoms with Crippen LogP contribution < -0.4 is 28.9 Å². The van der Waals surface area contributed by atoms with E-state index in [1.807, 2.05) is 6.07 Å². The van der Waals surface area contributed by atoms with Crippen molar-refractivity contribution >= 4 is 22.6 Å². The number of thioether (sulfide) groups is 1. The van der Waals surface area contributed by atoms with Crippen LogP contribution in [0.25, 0.3) is 0 Å². The molecule has 84 valence electrons. The highest BCUT2D eigenvalue weighted by molar-refractivity contribution is 8.13. The summed E-state index contributed by atoms with van der Waals surface area (Å²) in [6.45, 7) is 0. The highest BCUT2D eigenvalue weighted by atomic mass is 127. The number of rotatable bonds is 1. The lowest BCUT2D eigenvalue weighted by molar-refractivity contribution is -0.462. The molecule has 0 aliphatic heterocycles. The van der Waals surface area contributed by atoms with Crippen molar-refractivity contribution in [2.75, 3.05) is 32.3 Å². The van der Waals surface area contributed by atoms with Gasteiger partial charge in [-0.1, -0.05) is 18.2 Å². The van der Waals surface area contributed by atoms with Gasteiger partial charge >= 0.3 is 5.17 Å². The largest absolute Gasteiger partial charge is 1.00 e. The second kappa shape index (κ2) is 7.11. The van der Waals surface area contributed by atoms with E-state index in [-0.39, 0.29) is 24.0 Å². The smallest absolute Gasteiger partial charge is 0.312 e. The van der Waals surface area contributed by atoms with E-state index in [1.54, 1.807) is 11.8 Å². The fourth-order valence-electron chi connectivity index (χ4n) is 1.38. The molecule has 0 aromatic heterocycles. The van der Waals surface area contributed by atoms with Gasteiger partial charge in [-0.25, -0.2) is 4.90 Å². The van der Waals surface area contributed by atoms with Gasteiger partial charge in [0.2, 0.25) is 0 Å². The second-order valence-electron chi connectivity index (χ2n) is 3.28. The molecule has 0 aliphatic carbocycles. The summed E-state index contributed by atoms with van der Waals surface area (Å²) in [5, 5.41) is 1.23. The third kappa shape index (κ3) is 4.03. The van der Waals surface area contributed by atoms with Crippen LogP contribution in [0.3, 0.4) is 0 Å². The third-order valence-electron chi connectivity index (χ3n) is 2.00. The number of anilines is 1. The monoisotopic (exact) mass is 336 g/mol.